The van der Waals surface area contributed by atoms with Gasteiger partial charge in [0, 0.05) is 17.3 Å². The first-order valence-electron chi connectivity index (χ1n) is 5.10. The van der Waals surface area contributed by atoms with Crippen molar-refractivity contribution in [3.63, 3.8) is 0 Å². The first-order chi connectivity index (χ1) is 6.83. The SMILES string of the molecule is CN(CCCCCl)CCc1cccs1. The molecule has 1 aromatic rings. The van der Waals surface area contributed by atoms with E-state index in [9.17, 15) is 0 Å². The molecule has 0 aliphatic rings. The van der Waals surface area contributed by atoms with Crippen LogP contribution in [-0.2, 0) is 6.42 Å². The summed E-state index contributed by atoms with van der Waals surface area (Å²) in [4.78, 5) is 3.86. The molecule has 0 aliphatic carbocycles. The lowest BCUT2D eigenvalue weighted by atomic mass is 10.3. The van der Waals surface area contributed by atoms with Crippen molar-refractivity contribution in [2.24, 2.45) is 0 Å². The predicted octanol–water partition coefficient (Wildman–Crippen LogP) is 3.24. The van der Waals surface area contributed by atoms with Crippen molar-refractivity contribution >= 4 is 22.9 Å². The fourth-order valence-electron chi connectivity index (χ4n) is 1.34. The zero-order valence-electron chi connectivity index (χ0n) is 8.71. The van der Waals surface area contributed by atoms with Crippen LogP contribution in [0, 0.1) is 0 Å². The molecule has 0 spiro atoms. The summed E-state index contributed by atoms with van der Waals surface area (Å²) in [5.74, 6) is 0.790. The van der Waals surface area contributed by atoms with E-state index < -0.39 is 0 Å². The van der Waals surface area contributed by atoms with Crippen molar-refractivity contribution in [3.8, 4) is 0 Å². The highest BCUT2D eigenvalue weighted by Crippen LogP contribution is 2.09. The van der Waals surface area contributed by atoms with Crippen LogP contribution < -0.4 is 0 Å². The molecule has 0 radical (unpaired) electrons. The monoisotopic (exact) mass is 231 g/mol. The van der Waals surface area contributed by atoms with Gasteiger partial charge in [-0.3, -0.25) is 0 Å². The van der Waals surface area contributed by atoms with Crippen LogP contribution in [0.3, 0.4) is 0 Å². The molecule has 0 bridgehead atoms. The largest absolute Gasteiger partial charge is 0.306 e. The first kappa shape index (κ1) is 12.0. The minimum Gasteiger partial charge on any atom is -0.306 e. The molecule has 3 heteroatoms. The summed E-state index contributed by atoms with van der Waals surface area (Å²) in [6, 6.07) is 4.32. The van der Waals surface area contributed by atoms with Gasteiger partial charge in [0.2, 0.25) is 0 Å². The third-order valence-corrected chi connectivity index (χ3v) is 3.45. The number of halogens is 1. The van der Waals surface area contributed by atoms with E-state index in [1.54, 1.807) is 0 Å². The lowest BCUT2D eigenvalue weighted by Gasteiger charge is -2.15. The number of nitrogens with zero attached hydrogens (tertiary/aromatic N) is 1. The fraction of sp³-hybridized carbons (Fsp3) is 0.636. The molecule has 0 aromatic carbocycles. The maximum absolute atomic E-state index is 5.63. The van der Waals surface area contributed by atoms with Crippen LogP contribution in [0.15, 0.2) is 17.5 Å². The van der Waals surface area contributed by atoms with Crippen LogP contribution in [0.25, 0.3) is 0 Å². The van der Waals surface area contributed by atoms with Crippen LogP contribution in [0.5, 0.6) is 0 Å². The van der Waals surface area contributed by atoms with E-state index in [-0.39, 0.29) is 0 Å². The third kappa shape index (κ3) is 4.99. The van der Waals surface area contributed by atoms with Gasteiger partial charge in [0.25, 0.3) is 0 Å². The molecule has 0 aliphatic heterocycles. The second-order valence-corrected chi connectivity index (χ2v) is 4.94. The lowest BCUT2D eigenvalue weighted by molar-refractivity contribution is 0.333. The molecule has 1 nitrogen and oxygen atoms in total. The molecule has 1 aromatic heterocycles. The molecule has 80 valence electrons. The van der Waals surface area contributed by atoms with Crippen LogP contribution in [0.2, 0.25) is 0 Å². The minimum atomic E-state index is 0.790. The molecule has 0 saturated heterocycles. The number of unbranched alkanes of at least 4 members (excludes halogenated alkanes) is 1. The average Bonchev–Trinajstić information content (AvgIpc) is 2.68. The van der Waals surface area contributed by atoms with Crippen LogP contribution >= 0.6 is 22.9 Å². The van der Waals surface area contributed by atoms with E-state index in [2.05, 4.69) is 29.5 Å². The zero-order chi connectivity index (χ0) is 10.2. The summed E-state index contributed by atoms with van der Waals surface area (Å²) >= 11 is 7.47. The molecule has 0 unspecified atom stereocenters. The van der Waals surface area contributed by atoms with Gasteiger partial charge in [-0.2, -0.15) is 0 Å². The normalized spacial score (nSPS) is 11.1. The maximum atomic E-state index is 5.63. The van der Waals surface area contributed by atoms with E-state index in [0.717, 1.165) is 25.4 Å². The highest BCUT2D eigenvalue weighted by Gasteiger charge is 1.99. The van der Waals surface area contributed by atoms with Gasteiger partial charge in [0.1, 0.15) is 0 Å². The highest BCUT2D eigenvalue weighted by atomic mass is 35.5. The number of thiophene rings is 1. The average molecular weight is 232 g/mol. The third-order valence-electron chi connectivity index (χ3n) is 2.24. The Hall–Kier alpha value is -0.0500. The van der Waals surface area contributed by atoms with E-state index in [1.807, 2.05) is 11.3 Å². The van der Waals surface area contributed by atoms with Crippen molar-refractivity contribution in [3.05, 3.63) is 22.4 Å². The molecule has 0 atom stereocenters. The van der Waals surface area contributed by atoms with Gasteiger partial charge < -0.3 is 4.90 Å². The summed E-state index contributed by atoms with van der Waals surface area (Å²) < 4.78 is 0. The number of alkyl halides is 1. The van der Waals surface area contributed by atoms with E-state index in [1.165, 1.54) is 17.7 Å². The van der Waals surface area contributed by atoms with Gasteiger partial charge in [-0.15, -0.1) is 22.9 Å². The molecule has 0 fully saturated rings. The molecular weight excluding hydrogens is 214 g/mol. The quantitative estimate of drug-likeness (QED) is 0.515. The smallest absolute Gasteiger partial charge is 0.0223 e. The Morgan fingerprint density at radius 1 is 1.36 bits per heavy atom. The maximum Gasteiger partial charge on any atom is 0.0223 e. The summed E-state index contributed by atoms with van der Waals surface area (Å²) in [6.45, 7) is 2.32. The van der Waals surface area contributed by atoms with Crippen molar-refractivity contribution in [2.45, 2.75) is 19.3 Å². The van der Waals surface area contributed by atoms with Gasteiger partial charge in [0.15, 0.2) is 0 Å². The Kier molecular flexibility index (Phi) is 6.24. The second kappa shape index (κ2) is 7.27. The Bertz CT molecular complexity index is 223. The number of hydrogen-bond donors (Lipinski definition) is 0. The number of hydrogen-bond acceptors (Lipinski definition) is 2. The predicted molar refractivity (Wildman–Crippen MR) is 65.5 cm³/mol. The van der Waals surface area contributed by atoms with Crippen LogP contribution in [-0.4, -0.2) is 30.9 Å². The minimum absolute atomic E-state index is 0.790. The molecule has 14 heavy (non-hydrogen) atoms. The standard InChI is InChI=1S/C11H18ClNS/c1-13(8-3-2-7-12)9-6-11-5-4-10-14-11/h4-5,10H,2-3,6-9H2,1H3. The highest BCUT2D eigenvalue weighted by molar-refractivity contribution is 7.09. The van der Waals surface area contributed by atoms with Crippen LogP contribution in [0.1, 0.15) is 17.7 Å². The lowest BCUT2D eigenvalue weighted by Crippen LogP contribution is -2.22. The first-order valence-corrected chi connectivity index (χ1v) is 6.51. The van der Waals surface area contributed by atoms with Crippen molar-refractivity contribution in [1.82, 2.24) is 4.90 Å². The Morgan fingerprint density at radius 2 is 2.21 bits per heavy atom. The summed E-state index contributed by atoms with van der Waals surface area (Å²) in [5, 5.41) is 2.14. The van der Waals surface area contributed by atoms with Crippen LogP contribution in [0.4, 0.5) is 0 Å². The number of likely N-dealkylation sites (N-methyl/N-ethyl adjacent to an activating group) is 1. The molecule has 0 N–H and O–H groups in total. The van der Waals surface area contributed by atoms with Crippen molar-refractivity contribution < 1.29 is 0 Å². The molecule has 0 saturated carbocycles. The molecule has 1 rings (SSSR count). The van der Waals surface area contributed by atoms with E-state index in [0.29, 0.717) is 0 Å². The van der Waals surface area contributed by atoms with Crippen molar-refractivity contribution in [1.29, 1.82) is 0 Å². The van der Waals surface area contributed by atoms with Gasteiger partial charge in [-0.25, -0.2) is 0 Å². The van der Waals surface area contributed by atoms with Gasteiger partial charge >= 0.3 is 0 Å². The van der Waals surface area contributed by atoms with Gasteiger partial charge in [0.05, 0.1) is 0 Å². The fourth-order valence-corrected chi connectivity index (χ4v) is 2.23. The second-order valence-electron chi connectivity index (χ2n) is 3.53. The Balaban J connectivity index is 2.06. The molecule has 0 amide bonds. The topological polar surface area (TPSA) is 3.24 Å². The van der Waals surface area contributed by atoms with Gasteiger partial charge in [-0.1, -0.05) is 6.07 Å². The Morgan fingerprint density at radius 3 is 2.86 bits per heavy atom. The summed E-state index contributed by atoms with van der Waals surface area (Å²) in [7, 11) is 2.18. The zero-order valence-corrected chi connectivity index (χ0v) is 10.3. The molecular formula is C11H18ClNS. The Labute approximate surface area is 95.7 Å². The van der Waals surface area contributed by atoms with E-state index >= 15 is 0 Å². The molecule has 1 heterocycles. The van der Waals surface area contributed by atoms with Crippen molar-refractivity contribution in [2.75, 3.05) is 26.0 Å². The van der Waals surface area contributed by atoms with E-state index in [4.69, 9.17) is 11.6 Å². The number of rotatable bonds is 7. The summed E-state index contributed by atoms with van der Waals surface area (Å²) in [6.07, 6.45) is 3.52. The van der Waals surface area contributed by atoms with Gasteiger partial charge in [-0.05, 0) is 44.3 Å². The summed E-state index contributed by atoms with van der Waals surface area (Å²) in [5.41, 5.74) is 0.